The molecule has 2 atom stereocenters. The Balaban J connectivity index is 1.92. The van der Waals surface area contributed by atoms with Gasteiger partial charge in [0.05, 0.1) is 25.7 Å². The molecule has 0 bridgehead atoms. The van der Waals surface area contributed by atoms with Gasteiger partial charge in [0.1, 0.15) is 0 Å². The normalized spacial score (nSPS) is 32.6. The van der Waals surface area contributed by atoms with Crippen molar-refractivity contribution in [2.24, 2.45) is 17.8 Å². The van der Waals surface area contributed by atoms with Crippen molar-refractivity contribution in [3.05, 3.63) is 0 Å². The van der Waals surface area contributed by atoms with Gasteiger partial charge in [-0.1, -0.05) is 0 Å². The van der Waals surface area contributed by atoms with Crippen molar-refractivity contribution in [1.29, 1.82) is 0 Å². The number of esters is 1. The Morgan fingerprint density at radius 2 is 2.29 bits per heavy atom. The second kappa shape index (κ2) is 4.28. The van der Waals surface area contributed by atoms with Crippen LogP contribution >= 0.6 is 0 Å². The Morgan fingerprint density at radius 1 is 1.50 bits per heavy atom. The number of hydrogen-bond acceptors (Lipinski definition) is 4. The predicted octanol–water partition coefficient (Wildman–Crippen LogP) is 0.0315. The minimum absolute atomic E-state index is 0.0452. The Kier molecular flexibility index (Phi) is 3.03. The number of nitrogens with one attached hydrogen (secondary N) is 1. The highest BCUT2D eigenvalue weighted by molar-refractivity contribution is 5.73. The van der Waals surface area contributed by atoms with Crippen LogP contribution in [0.3, 0.4) is 0 Å². The van der Waals surface area contributed by atoms with E-state index in [0.29, 0.717) is 18.4 Å². The van der Waals surface area contributed by atoms with Crippen LogP contribution in [0.1, 0.15) is 6.92 Å². The number of carbonyl (C=O) groups excluding carboxylic acids is 1. The van der Waals surface area contributed by atoms with Crippen molar-refractivity contribution in [2.75, 3.05) is 32.9 Å². The molecular formula is C10H17NO3. The first-order chi connectivity index (χ1) is 6.83. The standard InChI is InChI=1S/C10H17NO3/c1-2-14-10(12)9-4-11-3-8(9)7-5-13-6-7/h7-9,11H,2-6H2,1H3. The molecule has 0 saturated carbocycles. The van der Waals surface area contributed by atoms with Gasteiger partial charge in [-0.3, -0.25) is 4.79 Å². The van der Waals surface area contributed by atoms with Gasteiger partial charge >= 0.3 is 5.97 Å². The predicted molar refractivity (Wildman–Crippen MR) is 50.8 cm³/mol. The molecular weight excluding hydrogens is 182 g/mol. The lowest BCUT2D eigenvalue weighted by molar-refractivity contribution is -0.152. The van der Waals surface area contributed by atoms with E-state index in [1.807, 2.05) is 6.92 Å². The second-order valence-electron chi connectivity index (χ2n) is 3.98. The van der Waals surface area contributed by atoms with Gasteiger partial charge in [-0.25, -0.2) is 0 Å². The summed E-state index contributed by atoms with van der Waals surface area (Å²) in [7, 11) is 0. The molecule has 2 aliphatic rings. The SMILES string of the molecule is CCOC(=O)C1CNCC1C1COC1. The minimum Gasteiger partial charge on any atom is -0.466 e. The summed E-state index contributed by atoms with van der Waals surface area (Å²) in [4.78, 5) is 11.6. The lowest BCUT2D eigenvalue weighted by Crippen LogP contribution is -2.40. The fourth-order valence-electron chi connectivity index (χ4n) is 2.20. The topological polar surface area (TPSA) is 47.6 Å². The number of carbonyl (C=O) groups is 1. The van der Waals surface area contributed by atoms with Crippen LogP contribution in [0.15, 0.2) is 0 Å². The molecule has 2 saturated heterocycles. The smallest absolute Gasteiger partial charge is 0.310 e. The summed E-state index contributed by atoms with van der Waals surface area (Å²) in [5.74, 6) is 0.973. The zero-order chi connectivity index (χ0) is 9.97. The lowest BCUT2D eigenvalue weighted by Gasteiger charge is -2.33. The molecule has 0 radical (unpaired) electrons. The number of hydrogen-bond donors (Lipinski definition) is 1. The van der Waals surface area contributed by atoms with E-state index in [1.165, 1.54) is 0 Å². The molecule has 1 N–H and O–H groups in total. The summed E-state index contributed by atoms with van der Waals surface area (Å²) in [6, 6.07) is 0. The molecule has 80 valence electrons. The third-order valence-electron chi connectivity index (χ3n) is 3.12. The Hall–Kier alpha value is -0.610. The zero-order valence-corrected chi connectivity index (χ0v) is 8.49. The Bertz CT molecular complexity index is 215. The zero-order valence-electron chi connectivity index (χ0n) is 8.49. The van der Waals surface area contributed by atoms with Crippen molar-refractivity contribution < 1.29 is 14.3 Å². The highest BCUT2D eigenvalue weighted by atomic mass is 16.5. The molecule has 0 aromatic rings. The van der Waals surface area contributed by atoms with E-state index in [0.717, 1.165) is 26.3 Å². The van der Waals surface area contributed by atoms with Gasteiger partial charge < -0.3 is 14.8 Å². The van der Waals surface area contributed by atoms with Crippen LogP contribution in [0.2, 0.25) is 0 Å². The van der Waals surface area contributed by atoms with Gasteiger partial charge in [0.15, 0.2) is 0 Å². The summed E-state index contributed by atoms with van der Waals surface area (Å²) in [6.07, 6.45) is 0. The maximum absolute atomic E-state index is 11.6. The largest absolute Gasteiger partial charge is 0.466 e. The van der Waals surface area contributed by atoms with Crippen LogP contribution in [0.25, 0.3) is 0 Å². The van der Waals surface area contributed by atoms with Crippen molar-refractivity contribution in [3.63, 3.8) is 0 Å². The maximum Gasteiger partial charge on any atom is 0.310 e. The van der Waals surface area contributed by atoms with Crippen molar-refractivity contribution in [1.82, 2.24) is 5.32 Å². The molecule has 2 unspecified atom stereocenters. The summed E-state index contributed by atoms with van der Waals surface area (Å²) in [6.45, 7) is 5.63. The van der Waals surface area contributed by atoms with Gasteiger partial charge in [0.25, 0.3) is 0 Å². The molecule has 0 aromatic carbocycles. The van der Waals surface area contributed by atoms with E-state index < -0.39 is 0 Å². The molecule has 2 heterocycles. The highest BCUT2D eigenvalue weighted by Crippen LogP contribution is 2.30. The van der Waals surface area contributed by atoms with E-state index >= 15 is 0 Å². The highest BCUT2D eigenvalue weighted by Gasteiger charge is 2.41. The van der Waals surface area contributed by atoms with E-state index in [-0.39, 0.29) is 11.9 Å². The monoisotopic (exact) mass is 199 g/mol. The second-order valence-corrected chi connectivity index (χ2v) is 3.98. The van der Waals surface area contributed by atoms with E-state index in [4.69, 9.17) is 9.47 Å². The Morgan fingerprint density at radius 3 is 2.86 bits per heavy atom. The van der Waals surface area contributed by atoms with Gasteiger partial charge in [-0.2, -0.15) is 0 Å². The van der Waals surface area contributed by atoms with Crippen molar-refractivity contribution >= 4 is 5.97 Å². The van der Waals surface area contributed by atoms with Crippen LogP contribution in [-0.2, 0) is 14.3 Å². The quantitative estimate of drug-likeness (QED) is 0.651. The molecule has 2 fully saturated rings. The fraction of sp³-hybridized carbons (Fsp3) is 0.900. The van der Waals surface area contributed by atoms with Gasteiger partial charge in [0.2, 0.25) is 0 Å². The molecule has 0 aromatic heterocycles. The van der Waals surface area contributed by atoms with Crippen molar-refractivity contribution in [2.45, 2.75) is 6.92 Å². The number of rotatable bonds is 3. The van der Waals surface area contributed by atoms with Crippen LogP contribution < -0.4 is 5.32 Å². The Labute approximate surface area is 84.0 Å². The first kappa shape index (κ1) is 9.93. The van der Waals surface area contributed by atoms with Crippen LogP contribution in [0.5, 0.6) is 0 Å². The van der Waals surface area contributed by atoms with Crippen LogP contribution in [-0.4, -0.2) is 38.9 Å². The number of ether oxygens (including phenoxy) is 2. The molecule has 0 amide bonds. The third-order valence-corrected chi connectivity index (χ3v) is 3.12. The minimum atomic E-state index is -0.0469. The molecule has 4 heteroatoms. The summed E-state index contributed by atoms with van der Waals surface area (Å²) in [5.41, 5.74) is 0. The maximum atomic E-state index is 11.6. The van der Waals surface area contributed by atoms with E-state index in [9.17, 15) is 4.79 Å². The first-order valence-electron chi connectivity index (χ1n) is 5.28. The molecule has 0 aliphatic carbocycles. The van der Waals surface area contributed by atoms with E-state index in [1.54, 1.807) is 0 Å². The summed E-state index contributed by atoms with van der Waals surface area (Å²) >= 11 is 0. The molecule has 4 nitrogen and oxygen atoms in total. The summed E-state index contributed by atoms with van der Waals surface area (Å²) < 4.78 is 10.2. The van der Waals surface area contributed by atoms with Gasteiger partial charge in [-0.05, 0) is 19.4 Å². The van der Waals surface area contributed by atoms with Crippen LogP contribution in [0, 0.1) is 17.8 Å². The lowest BCUT2D eigenvalue weighted by atomic mass is 9.83. The fourth-order valence-corrected chi connectivity index (χ4v) is 2.20. The van der Waals surface area contributed by atoms with Gasteiger partial charge in [-0.15, -0.1) is 0 Å². The first-order valence-corrected chi connectivity index (χ1v) is 5.28. The van der Waals surface area contributed by atoms with E-state index in [2.05, 4.69) is 5.32 Å². The molecule has 2 aliphatic heterocycles. The molecule has 0 spiro atoms. The summed E-state index contributed by atoms with van der Waals surface area (Å²) in [5, 5.41) is 3.25. The van der Waals surface area contributed by atoms with Crippen LogP contribution in [0.4, 0.5) is 0 Å². The van der Waals surface area contributed by atoms with Crippen molar-refractivity contribution in [3.8, 4) is 0 Å². The molecule has 14 heavy (non-hydrogen) atoms. The average Bonchev–Trinajstić information content (AvgIpc) is 2.50. The third kappa shape index (κ3) is 1.77. The van der Waals surface area contributed by atoms with Gasteiger partial charge in [0, 0.05) is 12.5 Å². The average molecular weight is 199 g/mol. The molecule has 2 rings (SSSR count).